The first-order valence-corrected chi connectivity index (χ1v) is 10.6. The summed E-state index contributed by atoms with van der Waals surface area (Å²) in [6.45, 7) is 2.29. The van der Waals surface area contributed by atoms with Crippen molar-refractivity contribution in [1.29, 1.82) is 0 Å². The third-order valence-corrected chi connectivity index (χ3v) is 5.50. The second kappa shape index (κ2) is 9.02. The van der Waals surface area contributed by atoms with Gasteiger partial charge in [0.05, 0.1) is 7.11 Å². The molecule has 1 aromatic rings. The number of aliphatic carboxylic acids is 1. The number of nitrogens with zero attached hydrogens (tertiary/aromatic N) is 3. The smallest absolute Gasteiger partial charge is 0.363 e. The summed E-state index contributed by atoms with van der Waals surface area (Å²) in [6.07, 6.45) is 0. The predicted molar refractivity (Wildman–Crippen MR) is 105 cm³/mol. The summed E-state index contributed by atoms with van der Waals surface area (Å²) < 4.78 is 31.9. The number of carboxylic acids is 1. The van der Waals surface area contributed by atoms with Crippen molar-refractivity contribution in [3.63, 3.8) is 0 Å². The third kappa shape index (κ3) is 5.10. The standard InChI is InChI=1S/C14H18N6O10S2/c1-14(2,12(24)25)30-18-6(5-4-31-13(15)16-5)9(21)17-7-8(10(22)19-29-3)20(11(7)23)32(26,27)28/h4,7-8H,1-3H3,(H2,15,16)(H,17,21)(H,19,22)(H,24,25)(H,26,27,28)/t7-,8-/m0/s1. The number of hydroxylamine groups is 1. The lowest BCUT2D eigenvalue weighted by Crippen LogP contribution is -2.76. The van der Waals surface area contributed by atoms with E-state index < -0.39 is 57.4 Å². The average molecular weight is 494 g/mol. The zero-order valence-corrected chi connectivity index (χ0v) is 18.3. The lowest BCUT2D eigenvalue weighted by atomic mass is 9.97. The number of β-lactam (4-membered cyclic amide) rings is 1. The fourth-order valence-corrected chi connectivity index (χ4v) is 3.68. The van der Waals surface area contributed by atoms with Crippen LogP contribution in [-0.2, 0) is 39.2 Å². The number of carboxylic acid groups (broad SMARTS) is 1. The van der Waals surface area contributed by atoms with Crippen LogP contribution in [0, 0.1) is 0 Å². The Balaban J connectivity index is 2.36. The van der Waals surface area contributed by atoms with E-state index in [0.29, 0.717) is 0 Å². The number of carbonyl (C=O) groups is 4. The Morgan fingerprint density at radius 2 is 2.00 bits per heavy atom. The van der Waals surface area contributed by atoms with Crippen molar-refractivity contribution in [2.24, 2.45) is 5.16 Å². The van der Waals surface area contributed by atoms with E-state index in [1.54, 1.807) is 5.48 Å². The van der Waals surface area contributed by atoms with Crippen LogP contribution < -0.4 is 16.5 Å². The Kier molecular flexibility index (Phi) is 7.03. The van der Waals surface area contributed by atoms with Crippen LogP contribution in [0.1, 0.15) is 19.5 Å². The first-order chi connectivity index (χ1) is 14.7. The first-order valence-electron chi connectivity index (χ1n) is 8.36. The number of nitrogen functional groups attached to an aromatic ring is 1. The van der Waals surface area contributed by atoms with Gasteiger partial charge in [0.25, 0.3) is 17.7 Å². The minimum Gasteiger partial charge on any atom is -0.478 e. The van der Waals surface area contributed by atoms with E-state index in [-0.39, 0.29) is 15.1 Å². The molecule has 16 nitrogen and oxygen atoms in total. The summed E-state index contributed by atoms with van der Waals surface area (Å²) in [5.74, 6) is -5.09. The van der Waals surface area contributed by atoms with Gasteiger partial charge < -0.3 is 21.0 Å². The Labute approximate surface area is 184 Å². The van der Waals surface area contributed by atoms with Crippen LogP contribution in [0.3, 0.4) is 0 Å². The monoisotopic (exact) mass is 494 g/mol. The van der Waals surface area contributed by atoms with Crippen LogP contribution in [0.15, 0.2) is 10.5 Å². The fourth-order valence-electron chi connectivity index (χ4n) is 2.29. The highest BCUT2D eigenvalue weighted by atomic mass is 32.2. The second-order valence-electron chi connectivity index (χ2n) is 6.60. The van der Waals surface area contributed by atoms with E-state index in [1.165, 1.54) is 5.38 Å². The lowest BCUT2D eigenvalue weighted by molar-refractivity contribution is -0.161. The Morgan fingerprint density at radius 1 is 1.38 bits per heavy atom. The molecule has 6 N–H and O–H groups in total. The molecular weight excluding hydrogens is 476 g/mol. The van der Waals surface area contributed by atoms with Crippen molar-refractivity contribution >= 4 is 56.2 Å². The number of nitrogens with one attached hydrogen (secondary N) is 2. The van der Waals surface area contributed by atoms with Gasteiger partial charge in [-0.3, -0.25) is 23.8 Å². The molecule has 1 saturated heterocycles. The van der Waals surface area contributed by atoms with Crippen molar-refractivity contribution in [2.75, 3.05) is 12.8 Å². The van der Waals surface area contributed by atoms with Crippen molar-refractivity contribution in [3.05, 3.63) is 11.1 Å². The molecule has 2 atom stereocenters. The summed E-state index contributed by atoms with van der Waals surface area (Å²) >= 11 is 0.911. The van der Waals surface area contributed by atoms with E-state index in [0.717, 1.165) is 32.3 Å². The highest BCUT2D eigenvalue weighted by Gasteiger charge is 2.58. The number of nitrogens with two attached hydrogens (primary N) is 1. The van der Waals surface area contributed by atoms with Crippen molar-refractivity contribution in [2.45, 2.75) is 31.5 Å². The Bertz CT molecular complexity index is 1080. The van der Waals surface area contributed by atoms with Crippen molar-refractivity contribution < 1.29 is 46.9 Å². The Morgan fingerprint density at radius 3 is 2.47 bits per heavy atom. The minimum absolute atomic E-state index is 0.0209. The van der Waals surface area contributed by atoms with Gasteiger partial charge in [-0.15, -0.1) is 11.3 Å². The lowest BCUT2D eigenvalue weighted by Gasteiger charge is -2.42. The number of hydrogen-bond donors (Lipinski definition) is 5. The normalized spacial score (nSPS) is 19.2. The van der Waals surface area contributed by atoms with Gasteiger partial charge in [-0.05, 0) is 13.8 Å². The van der Waals surface area contributed by atoms with E-state index in [2.05, 4.69) is 20.3 Å². The maximum absolute atomic E-state index is 12.8. The molecule has 0 bridgehead atoms. The quantitative estimate of drug-likeness (QED) is 0.103. The van der Waals surface area contributed by atoms with Gasteiger partial charge in [0.1, 0.15) is 11.7 Å². The molecule has 0 radical (unpaired) electrons. The highest BCUT2D eigenvalue weighted by molar-refractivity contribution is 7.84. The van der Waals surface area contributed by atoms with E-state index in [1.807, 2.05) is 0 Å². The number of amides is 3. The van der Waals surface area contributed by atoms with Crippen LogP contribution in [0.4, 0.5) is 5.13 Å². The molecule has 1 fully saturated rings. The van der Waals surface area contributed by atoms with Gasteiger partial charge >= 0.3 is 16.3 Å². The summed E-state index contributed by atoms with van der Waals surface area (Å²) in [4.78, 5) is 61.4. The molecule has 176 valence electrons. The average Bonchev–Trinajstić information content (AvgIpc) is 3.08. The van der Waals surface area contributed by atoms with Crippen molar-refractivity contribution in [1.82, 2.24) is 20.1 Å². The molecule has 32 heavy (non-hydrogen) atoms. The zero-order chi connectivity index (χ0) is 24.4. The molecule has 0 aromatic carbocycles. The summed E-state index contributed by atoms with van der Waals surface area (Å²) in [7, 11) is -4.11. The fraction of sp³-hybridized carbons (Fsp3) is 0.429. The number of carbonyl (C=O) groups excluding carboxylic acids is 3. The van der Waals surface area contributed by atoms with Crippen LogP contribution in [0.25, 0.3) is 0 Å². The molecule has 0 saturated carbocycles. The van der Waals surface area contributed by atoms with E-state index in [4.69, 9.17) is 15.7 Å². The molecule has 0 aliphatic carbocycles. The number of aromatic nitrogens is 1. The van der Waals surface area contributed by atoms with Gasteiger partial charge in [0.2, 0.25) is 5.60 Å². The molecular formula is C14H18N6O10S2. The molecule has 1 aliphatic rings. The van der Waals surface area contributed by atoms with Crippen LogP contribution in [0.5, 0.6) is 0 Å². The van der Waals surface area contributed by atoms with Gasteiger partial charge in [0, 0.05) is 5.38 Å². The van der Waals surface area contributed by atoms with Gasteiger partial charge in [0.15, 0.2) is 16.9 Å². The van der Waals surface area contributed by atoms with Crippen LogP contribution >= 0.6 is 11.3 Å². The van der Waals surface area contributed by atoms with Crippen LogP contribution in [-0.4, -0.2) is 81.6 Å². The molecule has 2 rings (SSSR count). The van der Waals surface area contributed by atoms with Crippen molar-refractivity contribution in [3.8, 4) is 0 Å². The van der Waals surface area contributed by atoms with E-state index >= 15 is 0 Å². The van der Waals surface area contributed by atoms with Gasteiger partial charge in [-0.1, -0.05) is 5.16 Å². The SMILES string of the molecule is CONC(=O)[C@@H]1[C@H](NC(=O)C(=NOC(C)(C)C(=O)O)c2csc(N)n2)C(=O)N1S(=O)(=O)O. The molecule has 2 heterocycles. The topological polar surface area (TPSA) is 240 Å². The molecule has 0 spiro atoms. The number of rotatable bonds is 9. The third-order valence-electron chi connectivity index (χ3n) is 3.92. The first kappa shape index (κ1) is 24.9. The second-order valence-corrected chi connectivity index (χ2v) is 8.77. The molecule has 3 amide bonds. The van der Waals surface area contributed by atoms with Crippen LogP contribution in [0.2, 0.25) is 0 Å². The maximum Gasteiger partial charge on any atom is 0.363 e. The zero-order valence-electron chi connectivity index (χ0n) is 16.6. The highest BCUT2D eigenvalue weighted by Crippen LogP contribution is 2.24. The predicted octanol–water partition coefficient (Wildman–Crippen LogP) is -2.51. The summed E-state index contributed by atoms with van der Waals surface area (Å²) in [5, 5.41) is 16.0. The van der Waals surface area contributed by atoms with E-state index in [9.17, 15) is 32.1 Å². The number of hydrogen-bond acceptors (Lipinski definition) is 12. The Hall–Kier alpha value is -3.35. The van der Waals surface area contributed by atoms with Gasteiger partial charge in [-0.25, -0.2) is 15.3 Å². The number of thiazole rings is 1. The molecule has 1 aliphatic heterocycles. The minimum atomic E-state index is -5.14. The molecule has 1 aromatic heterocycles. The largest absolute Gasteiger partial charge is 0.478 e. The number of oxime groups is 1. The van der Waals surface area contributed by atoms with Gasteiger partial charge in [-0.2, -0.15) is 12.7 Å². The summed E-state index contributed by atoms with van der Waals surface area (Å²) in [6, 6.07) is -3.65. The summed E-state index contributed by atoms with van der Waals surface area (Å²) in [5.41, 5.74) is 4.70. The molecule has 18 heteroatoms. The number of anilines is 1. The molecule has 0 unspecified atom stereocenters. The maximum atomic E-state index is 12.8.